The molecule has 0 saturated heterocycles. The quantitative estimate of drug-likeness (QED) is 0.597. The zero-order valence-electron chi connectivity index (χ0n) is 19.9. The van der Waals surface area contributed by atoms with Crippen molar-refractivity contribution in [3.63, 3.8) is 0 Å². The van der Waals surface area contributed by atoms with E-state index in [-0.39, 0.29) is 11.3 Å². The van der Waals surface area contributed by atoms with Gasteiger partial charge in [-0.1, -0.05) is 50.1 Å². The first-order chi connectivity index (χ1) is 15.6. The minimum Gasteiger partial charge on any atom is -0.351 e. The number of benzene rings is 1. The molecular formula is C27H38N4O. The monoisotopic (exact) mass is 434 g/mol. The molecule has 1 aromatic heterocycles. The molecule has 0 aliphatic heterocycles. The van der Waals surface area contributed by atoms with Crippen molar-refractivity contribution in [2.24, 2.45) is 5.92 Å². The molecule has 0 bridgehead atoms. The Morgan fingerprint density at radius 1 is 1.06 bits per heavy atom. The Morgan fingerprint density at radius 3 is 2.34 bits per heavy atom. The predicted molar refractivity (Wildman–Crippen MR) is 130 cm³/mol. The molecular weight excluding hydrogens is 396 g/mol. The van der Waals surface area contributed by atoms with Crippen molar-refractivity contribution in [2.75, 3.05) is 18.4 Å². The summed E-state index contributed by atoms with van der Waals surface area (Å²) >= 11 is 0. The molecule has 2 saturated carbocycles. The Balaban J connectivity index is 1.76. The molecule has 1 N–H and O–H groups in total. The Morgan fingerprint density at radius 2 is 1.72 bits per heavy atom. The number of carbonyl (C=O) groups is 1. The van der Waals surface area contributed by atoms with Gasteiger partial charge in [-0.15, -0.1) is 0 Å². The minimum atomic E-state index is -0.222. The summed E-state index contributed by atoms with van der Waals surface area (Å²) in [4.78, 5) is 25.2. The fourth-order valence-electron chi connectivity index (χ4n) is 5.64. The SMILES string of the molecule is CCN(CC)C(=O)c1cnc(NC2CCC(C)CC2)nc1C1(c2ccccc2)CCCC1. The highest BCUT2D eigenvalue weighted by Gasteiger charge is 2.42. The fourth-order valence-corrected chi connectivity index (χ4v) is 5.64. The van der Waals surface area contributed by atoms with Gasteiger partial charge in [0.15, 0.2) is 0 Å². The normalized spacial score (nSPS) is 22.5. The van der Waals surface area contributed by atoms with Crippen LogP contribution >= 0.6 is 0 Å². The second-order valence-corrected chi connectivity index (χ2v) is 9.69. The van der Waals surface area contributed by atoms with E-state index in [4.69, 9.17) is 4.98 Å². The van der Waals surface area contributed by atoms with Crippen molar-refractivity contribution in [2.45, 2.75) is 83.6 Å². The lowest BCUT2D eigenvalue weighted by Crippen LogP contribution is -2.36. The number of nitrogens with one attached hydrogen (secondary N) is 1. The third-order valence-electron chi connectivity index (χ3n) is 7.66. The van der Waals surface area contributed by atoms with Gasteiger partial charge in [0.1, 0.15) is 0 Å². The maximum Gasteiger partial charge on any atom is 0.257 e. The van der Waals surface area contributed by atoms with Crippen molar-refractivity contribution in [1.29, 1.82) is 0 Å². The summed E-state index contributed by atoms with van der Waals surface area (Å²) in [5.74, 6) is 1.53. The number of amides is 1. The van der Waals surface area contributed by atoms with Crippen molar-refractivity contribution in [3.8, 4) is 0 Å². The summed E-state index contributed by atoms with van der Waals surface area (Å²) in [6.07, 6.45) is 10.9. The molecule has 2 aliphatic carbocycles. The largest absolute Gasteiger partial charge is 0.351 e. The van der Waals surface area contributed by atoms with Gasteiger partial charge in [0.25, 0.3) is 5.91 Å². The highest BCUT2D eigenvalue weighted by atomic mass is 16.2. The van der Waals surface area contributed by atoms with Gasteiger partial charge in [0.2, 0.25) is 5.95 Å². The molecule has 0 radical (unpaired) electrons. The van der Waals surface area contributed by atoms with Crippen LogP contribution in [-0.4, -0.2) is 39.9 Å². The predicted octanol–water partition coefficient (Wildman–Crippen LogP) is 5.81. The molecule has 172 valence electrons. The zero-order valence-corrected chi connectivity index (χ0v) is 19.9. The number of anilines is 1. The van der Waals surface area contributed by atoms with E-state index in [0.29, 0.717) is 30.6 Å². The van der Waals surface area contributed by atoms with E-state index in [0.717, 1.165) is 50.1 Å². The number of rotatable bonds is 7. The molecule has 5 heteroatoms. The van der Waals surface area contributed by atoms with Gasteiger partial charge in [-0.3, -0.25) is 4.79 Å². The molecule has 1 aromatic carbocycles. The van der Waals surface area contributed by atoms with E-state index >= 15 is 0 Å². The first-order valence-corrected chi connectivity index (χ1v) is 12.6. The van der Waals surface area contributed by atoms with Crippen molar-refractivity contribution >= 4 is 11.9 Å². The van der Waals surface area contributed by atoms with Crippen LogP contribution in [0.3, 0.4) is 0 Å². The Bertz CT molecular complexity index is 895. The molecule has 1 heterocycles. The van der Waals surface area contributed by atoms with Crippen LogP contribution in [0.15, 0.2) is 36.5 Å². The average Bonchev–Trinajstić information content (AvgIpc) is 3.33. The molecule has 0 spiro atoms. The van der Waals surface area contributed by atoms with Crippen LogP contribution in [0.4, 0.5) is 5.95 Å². The van der Waals surface area contributed by atoms with Crippen LogP contribution in [0.5, 0.6) is 0 Å². The number of hydrogen-bond donors (Lipinski definition) is 1. The highest BCUT2D eigenvalue weighted by molar-refractivity contribution is 5.95. The molecule has 4 rings (SSSR count). The summed E-state index contributed by atoms with van der Waals surface area (Å²) in [6, 6.07) is 11.1. The van der Waals surface area contributed by atoms with E-state index in [9.17, 15) is 4.79 Å². The smallest absolute Gasteiger partial charge is 0.257 e. The van der Waals surface area contributed by atoms with Crippen molar-refractivity contribution in [3.05, 3.63) is 53.3 Å². The Kier molecular flexibility index (Phi) is 7.12. The first kappa shape index (κ1) is 22.8. The molecule has 0 unspecified atom stereocenters. The van der Waals surface area contributed by atoms with Crippen molar-refractivity contribution < 1.29 is 4.79 Å². The van der Waals surface area contributed by atoms with Gasteiger partial charge >= 0.3 is 0 Å². The van der Waals surface area contributed by atoms with Crippen LogP contribution in [0.25, 0.3) is 0 Å². The van der Waals surface area contributed by atoms with E-state index in [2.05, 4.69) is 47.6 Å². The van der Waals surface area contributed by atoms with Gasteiger partial charge in [0.05, 0.1) is 11.3 Å². The lowest BCUT2D eigenvalue weighted by molar-refractivity contribution is 0.0769. The molecule has 2 fully saturated rings. The lowest BCUT2D eigenvalue weighted by atomic mass is 9.74. The standard InChI is InChI=1S/C27H38N4O/c1-4-31(5-2)25(32)23-19-28-26(29-22-15-13-20(3)14-16-22)30-24(23)27(17-9-10-18-27)21-11-7-6-8-12-21/h6-8,11-12,19-20,22H,4-5,9-10,13-18H2,1-3H3,(H,28,29,30). The summed E-state index contributed by atoms with van der Waals surface area (Å²) in [7, 11) is 0. The third kappa shape index (κ3) is 4.53. The molecule has 1 amide bonds. The van der Waals surface area contributed by atoms with E-state index < -0.39 is 0 Å². The highest BCUT2D eigenvalue weighted by Crippen LogP contribution is 2.47. The summed E-state index contributed by atoms with van der Waals surface area (Å²) in [5.41, 5.74) is 2.63. The van der Waals surface area contributed by atoms with Crippen molar-refractivity contribution in [1.82, 2.24) is 14.9 Å². The maximum atomic E-state index is 13.5. The second-order valence-electron chi connectivity index (χ2n) is 9.69. The third-order valence-corrected chi connectivity index (χ3v) is 7.66. The van der Waals surface area contributed by atoms with Crippen LogP contribution in [-0.2, 0) is 5.41 Å². The van der Waals surface area contributed by atoms with E-state index in [1.807, 2.05) is 18.7 Å². The zero-order chi connectivity index (χ0) is 22.6. The molecule has 5 nitrogen and oxygen atoms in total. The lowest BCUT2D eigenvalue weighted by Gasteiger charge is -2.33. The second kappa shape index (κ2) is 10.0. The topological polar surface area (TPSA) is 58.1 Å². The maximum absolute atomic E-state index is 13.5. The van der Waals surface area contributed by atoms with Crippen LogP contribution in [0.1, 0.15) is 93.8 Å². The van der Waals surface area contributed by atoms with Gasteiger partial charge in [0, 0.05) is 30.7 Å². The van der Waals surface area contributed by atoms with Crippen LogP contribution in [0, 0.1) is 5.92 Å². The minimum absolute atomic E-state index is 0.0465. The molecule has 2 aliphatic rings. The molecule has 32 heavy (non-hydrogen) atoms. The van der Waals surface area contributed by atoms with Gasteiger partial charge in [-0.05, 0) is 63.9 Å². The first-order valence-electron chi connectivity index (χ1n) is 12.6. The van der Waals surface area contributed by atoms with E-state index in [1.165, 1.54) is 18.4 Å². The molecule has 2 aromatic rings. The summed E-state index contributed by atoms with van der Waals surface area (Å²) in [5, 5.41) is 3.61. The Hall–Kier alpha value is -2.43. The van der Waals surface area contributed by atoms with Gasteiger partial charge in [-0.25, -0.2) is 9.97 Å². The summed E-state index contributed by atoms with van der Waals surface area (Å²) < 4.78 is 0. The number of carbonyl (C=O) groups excluding carboxylic acids is 1. The number of hydrogen-bond acceptors (Lipinski definition) is 4. The number of aromatic nitrogens is 2. The average molecular weight is 435 g/mol. The van der Waals surface area contributed by atoms with Gasteiger partial charge < -0.3 is 10.2 Å². The molecule has 0 atom stereocenters. The Labute approximate surface area is 193 Å². The van der Waals surface area contributed by atoms with E-state index in [1.54, 1.807) is 6.20 Å². The van der Waals surface area contributed by atoms with Gasteiger partial charge in [-0.2, -0.15) is 0 Å². The van der Waals surface area contributed by atoms with Crippen LogP contribution < -0.4 is 5.32 Å². The summed E-state index contributed by atoms with van der Waals surface area (Å²) in [6.45, 7) is 7.78. The number of nitrogens with zero attached hydrogens (tertiary/aromatic N) is 3. The van der Waals surface area contributed by atoms with Crippen LogP contribution in [0.2, 0.25) is 0 Å². The fraction of sp³-hybridized carbons (Fsp3) is 0.593.